The molecular formula is C13H20N4S. The van der Waals surface area contributed by atoms with Crippen LogP contribution in [0.3, 0.4) is 0 Å². The maximum Gasteiger partial charge on any atom is 0.166 e. The number of rotatable bonds is 1. The van der Waals surface area contributed by atoms with Gasteiger partial charge in [-0.1, -0.05) is 46.8 Å². The summed E-state index contributed by atoms with van der Waals surface area (Å²) in [6.07, 6.45) is 1.96. The maximum absolute atomic E-state index is 4.63. The van der Waals surface area contributed by atoms with E-state index in [9.17, 15) is 0 Å². The van der Waals surface area contributed by atoms with E-state index in [0.29, 0.717) is 0 Å². The summed E-state index contributed by atoms with van der Waals surface area (Å²) in [5.74, 6) is 0.855. The van der Waals surface area contributed by atoms with Crippen molar-refractivity contribution in [3.8, 4) is 5.82 Å². The zero-order valence-electron chi connectivity index (χ0n) is 11.9. The van der Waals surface area contributed by atoms with Crippen molar-refractivity contribution >= 4 is 11.3 Å². The fraction of sp³-hybridized carbons (Fsp3) is 0.615. The molecule has 0 atom stereocenters. The van der Waals surface area contributed by atoms with Gasteiger partial charge in [0.15, 0.2) is 5.82 Å². The Morgan fingerprint density at radius 3 is 2.17 bits per heavy atom. The molecule has 98 valence electrons. The molecule has 0 unspecified atom stereocenters. The van der Waals surface area contributed by atoms with Gasteiger partial charge in [-0.3, -0.25) is 0 Å². The average molecular weight is 264 g/mol. The molecule has 0 aromatic carbocycles. The van der Waals surface area contributed by atoms with E-state index in [1.165, 1.54) is 0 Å². The highest BCUT2D eigenvalue weighted by Gasteiger charge is 2.21. The maximum atomic E-state index is 4.63. The second-order valence-corrected chi connectivity index (χ2v) is 7.42. The number of aromatic nitrogens is 4. The molecule has 0 radical (unpaired) electrons. The first-order valence-electron chi connectivity index (χ1n) is 6.07. The summed E-state index contributed by atoms with van der Waals surface area (Å²) in [4.78, 5) is 4.63. The minimum Gasteiger partial charge on any atom is -0.221 e. The summed E-state index contributed by atoms with van der Waals surface area (Å²) < 4.78 is 1.76. The van der Waals surface area contributed by atoms with Gasteiger partial charge < -0.3 is 0 Å². The largest absolute Gasteiger partial charge is 0.221 e. The van der Waals surface area contributed by atoms with Crippen LogP contribution in [0.25, 0.3) is 5.82 Å². The van der Waals surface area contributed by atoms with Crippen LogP contribution >= 0.6 is 11.3 Å². The Labute approximate surface area is 112 Å². The monoisotopic (exact) mass is 264 g/mol. The molecule has 2 heterocycles. The van der Waals surface area contributed by atoms with Crippen molar-refractivity contribution in [3.63, 3.8) is 0 Å². The van der Waals surface area contributed by atoms with Gasteiger partial charge in [-0.05, 0) is 0 Å². The molecule has 2 aromatic rings. The number of hydrogen-bond acceptors (Lipinski definition) is 4. The van der Waals surface area contributed by atoms with E-state index in [1.54, 1.807) is 16.0 Å². The molecule has 4 nitrogen and oxygen atoms in total. The van der Waals surface area contributed by atoms with E-state index >= 15 is 0 Å². The van der Waals surface area contributed by atoms with Crippen LogP contribution in [0.2, 0.25) is 0 Å². The van der Waals surface area contributed by atoms with E-state index in [4.69, 9.17) is 0 Å². The molecule has 0 aliphatic rings. The highest BCUT2D eigenvalue weighted by molar-refractivity contribution is 7.10. The lowest BCUT2D eigenvalue weighted by Gasteiger charge is -2.13. The van der Waals surface area contributed by atoms with Gasteiger partial charge in [-0.15, -0.1) is 16.4 Å². The Kier molecular flexibility index (Phi) is 3.05. The fourth-order valence-electron chi connectivity index (χ4n) is 1.43. The summed E-state index contributed by atoms with van der Waals surface area (Å²) in [7, 11) is 0. The molecule has 2 aromatic heterocycles. The Morgan fingerprint density at radius 2 is 1.72 bits per heavy atom. The van der Waals surface area contributed by atoms with Gasteiger partial charge in [-0.2, -0.15) is 0 Å². The Hall–Kier alpha value is -1.23. The van der Waals surface area contributed by atoms with Crippen LogP contribution in [0.15, 0.2) is 11.6 Å². The first-order chi connectivity index (χ1) is 8.18. The van der Waals surface area contributed by atoms with Crippen LogP contribution in [0.4, 0.5) is 0 Å². The molecule has 2 rings (SSSR count). The Bertz CT molecular complexity index is 490. The lowest BCUT2D eigenvalue weighted by atomic mass is 9.93. The summed E-state index contributed by atoms with van der Waals surface area (Å²) in [5, 5.41) is 11.5. The Morgan fingerprint density at radius 1 is 1.06 bits per heavy atom. The minimum atomic E-state index is 0.0150. The van der Waals surface area contributed by atoms with Crippen molar-refractivity contribution in [2.45, 2.75) is 52.4 Å². The van der Waals surface area contributed by atoms with Crippen LogP contribution in [-0.4, -0.2) is 20.0 Å². The van der Waals surface area contributed by atoms with Crippen molar-refractivity contribution in [1.82, 2.24) is 20.0 Å². The number of nitrogens with zero attached hydrogens (tertiary/aromatic N) is 4. The zero-order chi connectivity index (χ0) is 13.6. The van der Waals surface area contributed by atoms with E-state index in [1.807, 2.05) is 11.6 Å². The molecule has 0 saturated heterocycles. The standard InChI is InChI=1S/C13H20N4S/c1-12(2,3)9-7-17(16-15-9)10-8-18-11(14-10)13(4,5)6/h7-8H,1-6H3. The quantitative estimate of drug-likeness (QED) is 0.793. The average Bonchev–Trinajstić information content (AvgIpc) is 2.84. The molecule has 0 aliphatic carbocycles. The molecule has 18 heavy (non-hydrogen) atoms. The van der Waals surface area contributed by atoms with Gasteiger partial charge in [0.25, 0.3) is 0 Å². The predicted octanol–water partition coefficient (Wildman–Crippen LogP) is 3.32. The Balaban J connectivity index is 2.33. The van der Waals surface area contributed by atoms with Crippen molar-refractivity contribution in [2.75, 3.05) is 0 Å². The van der Waals surface area contributed by atoms with Gasteiger partial charge >= 0.3 is 0 Å². The van der Waals surface area contributed by atoms with Crippen LogP contribution in [0.1, 0.15) is 52.2 Å². The van der Waals surface area contributed by atoms with Crippen LogP contribution in [0, 0.1) is 0 Å². The second-order valence-electron chi connectivity index (χ2n) is 6.56. The third-order valence-electron chi connectivity index (χ3n) is 2.63. The summed E-state index contributed by atoms with van der Waals surface area (Å²) in [6.45, 7) is 12.9. The smallest absolute Gasteiger partial charge is 0.166 e. The van der Waals surface area contributed by atoms with Gasteiger partial charge in [-0.25, -0.2) is 9.67 Å². The third kappa shape index (κ3) is 2.61. The first kappa shape index (κ1) is 13.2. The van der Waals surface area contributed by atoms with Crippen molar-refractivity contribution in [2.24, 2.45) is 0 Å². The van der Waals surface area contributed by atoms with Crippen LogP contribution in [0.5, 0.6) is 0 Å². The molecule has 0 bridgehead atoms. The molecule has 0 spiro atoms. The number of thiazole rings is 1. The molecule has 0 amide bonds. The summed E-state index contributed by atoms with van der Waals surface area (Å²) in [5.41, 5.74) is 1.07. The molecular weight excluding hydrogens is 244 g/mol. The van der Waals surface area contributed by atoms with E-state index in [-0.39, 0.29) is 10.8 Å². The molecule has 0 N–H and O–H groups in total. The lowest BCUT2D eigenvalue weighted by molar-refractivity contribution is 0.566. The van der Waals surface area contributed by atoms with E-state index in [0.717, 1.165) is 16.5 Å². The van der Waals surface area contributed by atoms with Crippen LogP contribution in [-0.2, 0) is 10.8 Å². The highest BCUT2D eigenvalue weighted by atomic mass is 32.1. The molecule has 5 heteroatoms. The fourth-order valence-corrected chi connectivity index (χ4v) is 2.31. The predicted molar refractivity (Wildman–Crippen MR) is 74.4 cm³/mol. The molecule has 0 aliphatic heterocycles. The van der Waals surface area contributed by atoms with E-state index < -0.39 is 0 Å². The molecule has 0 saturated carbocycles. The minimum absolute atomic E-state index is 0.0150. The normalized spacial score (nSPS) is 13.0. The van der Waals surface area contributed by atoms with Crippen molar-refractivity contribution in [1.29, 1.82) is 0 Å². The van der Waals surface area contributed by atoms with Crippen molar-refractivity contribution in [3.05, 3.63) is 22.3 Å². The highest BCUT2D eigenvalue weighted by Crippen LogP contribution is 2.27. The lowest BCUT2D eigenvalue weighted by Crippen LogP contribution is -2.11. The van der Waals surface area contributed by atoms with Gasteiger partial charge in [0, 0.05) is 16.2 Å². The van der Waals surface area contributed by atoms with Gasteiger partial charge in [0.2, 0.25) is 0 Å². The van der Waals surface area contributed by atoms with Gasteiger partial charge in [0.05, 0.1) is 11.9 Å². The van der Waals surface area contributed by atoms with Gasteiger partial charge in [0.1, 0.15) is 5.01 Å². The van der Waals surface area contributed by atoms with E-state index in [2.05, 4.69) is 56.8 Å². The second kappa shape index (κ2) is 4.16. The van der Waals surface area contributed by atoms with Crippen LogP contribution < -0.4 is 0 Å². The number of hydrogen-bond donors (Lipinski definition) is 0. The zero-order valence-corrected chi connectivity index (χ0v) is 12.7. The van der Waals surface area contributed by atoms with Crippen molar-refractivity contribution < 1.29 is 0 Å². The SMILES string of the molecule is CC(C)(C)c1cn(-c2csc(C(C)(C)C)n2)nn1. The topological polar surface area (TPSA) is 43.6 Å². The molecule has 0 fully saturated rings. The first-order valence-corrected chi connectivity index (χ1v) is 6.95. The third-order valence-corrected chi connectivity index (χ3v) is 3.89. The summed E-state index contributed by atoms with van der Waals surface area (Å²) in [6, 6.07) is 0. The summed E-state index contributed by atoms with van der Waals surface area (Å²) >= 11 is 1.67.